The molecule has 114 valence electrons. The number of sulfonamides is 1. The summed E-state index contributed by atoms with van der Waals surface area (Å²) < 4.78 is 64.0. The van der Waals surface area contributed by atoms with Crippen LogP contribution in [0.3, 0.4) is 0 Å². The number of benzene rings is 1. The molecule has 0 aliphatic heterocycles. The number of aliphatic hydroxyl groups excluding tert-OH is 1. The number of hydrogen-bond acceptors (Lipinski definition) is 3. The lowest BCUT2D eigenvalue weighted by atomic mass is 10.2. The van der Waals surface area contributed by atoms with E-state index < -0.39 is 32.8 Å². The molecule has 1 unspecified atom stereocenters. The smallest absolute Gasteiger partial charge is 0.392 e. The van der Waals surface area contributed by atoms with Gasteiger partial charge < -0.3 is 5.11 Å². The minimum atomic E-state index is -4.76. The predicted octanol–water partition coefficient (Wildman–Crippen LogP) is 2.14. The first kappa shape index (κ1) is 16.9. The van der Waals surface area contributed by atoms with Crippen molar-refractivity contribution in [3.8, 4) is 0 Å². The van der Waals surface area contributed by atoms with Crippen LogP contribution in [0.25, 0.3) is 0 Å². The maximum Gasteiger partial charge on any atom is 0.417 e. The number of nitrogens with one attached hydrogen (secondary N) is 1. The highest BCUT2D eigenvalue weighted by atomic mass is 32.2. The van der Waals surface area contributed by atoms with Crippen molar-refractivity contribution >= 4 is 10.0 Å². The first-order valence-corrected chi connectivity index (χ1v) is 7.50. The van der Waals surface area contributed by atoms with Gasteiger partial charge in [0.2, 0.25) is 10.0 Å². The molecule has 0 fully saturated rings. The molecule has 20 heavy (non-hydrogen) atoms. The van der Waals surface area contributed by atoms with Crippen LogP contribution >= 0.6 is 0 Å². The lowest BCUT2D eigenvalue weighted by Gasteiger charge is -2.15. The number of aliphatic hydroxyl groups is 1. The van der Waals surface area contributed by atoms with Crippen LogP contribution in [0.2, 0.25) is 0 Å². The molecule has 0 spiro atoms. The van der Waals surface area contributed by atoms with Gasteiger partial charge >= 0.3 is 6.18 Å². The van der Waals surface area contributed by atoms with Crippen LogP contribution in [0.15, 0.2) is 29.2 Å². The van der Waals surface area contributed by atoms with Gasteiger partial charge in [0, 0.05) is 6.54 Å². The third kappa shape index (κ3) is 4.46. The van der Waals surface area contributed by atoms with Gasteiger partial charge in [0.25, 0.3) is 0 Å². The Bertz CT molecular complexity index is 543. The van der Waals surface area contributed by atoms with E-state index in [0.29, 0.717) is 18.9 Å². The van der Waals surface area contributed by atoms with E-state index in [1.807, 2.05) is 4.72 Å². The number of hydrogen-bond donors (Lipinski definition) is 2. The molecule has 0 bridgehead atoms. The molecule has 2 N–H and O–H groups in total. The summed E-state index contributed by atoms with van der Waals surface area (Å²) in [6.07, 6.45) is -4.67. The normalized spacial score (nSPS) is 14.2. The Kier molecular flexibility index (Phi) is 5.55. The summed E-state index contributed by atoms with van der Waals surface area (Å²) in [5.74, 6) is 0. The summed E-state index contributed by atoms with van der Waals surface area (Å²) in [5.41, 5.74) is -1.22. The van der Waals surface area contributed by atoms with Crippen molar-refractivity contribution in [2.45, 2.75) is 36.9 Å². The molecule has 0 heterocycles. The molecule has 8 heteroatoms. The van der Waals surface area contributed by atoms with Gasteiger partial charge in [-0.2, -0.15) is 13.2 Å². The molecule has 0 amide bonds. The van der Waals surface area contributed by atoms with Crippen LogP contribution in [0, 0.1) is 0 Å². The third-order valence-corrected chi connectivity index (χ3v) is 4.09. The summed E-state index contributed by atoms with van der Waals surface area (Å²) in [4.78, 5) is -0.837. The molecule has 0 saturated carbocycles. The predicted molar refractivity (Wildman–Crippen MR) is 67.5 cm³/mol. The first-order chi connectivity index (χ1) is 9.18. The van der Waals surface area contributed by atoms with Crippen molar-refractivity contribution in [3.63, 3.8) is 0 Å². The van der Waals surface area contributed by atoms with Gasteiger partial charge in [-0.25, -0.2) is 13.1 Å². The SMILES string of the molecule is CCCC(O)CNS(=O)(=O)c1ccccc1C(F)(F)F. The molecule has 0 aliphatic rings. The van der Waals surface area contributed by atoms with Crippen molar-refractivity contribution in [2.75, 3.05) is 6.54 Å². The van der Waals surface area contributed by atoms with Gasteiger partial charge in [-0.05, 0) is 18.6 Å². The summed E-state index contributed by atoms with van der Waals surface area (Å²) in [6.45, 7) is 1.49. The number of rotatable bonds is 6. The monoisotopic (exact) mass is 311 g/mol. The van der Waals surface area contributed by atoms with E-state index in [2.05, 4.69) is 0 Å². The fourth-order valence-electron chi connectivity index (χ4n) is 1.65. The quantitative estimate of drug-likeness (QED) is 0.846. The molecule has 1 aromatic rings. The average Bonchev–Trinajstić information content (AvgIpc) is 2.36. The third-order valence-electron chi connectivity index (χ3n) is 2.61. The van der Waals surface area contributed by atoms with Crippen LogP contribution in [0.4, 0.5) is 13.2 Å². The molecule has 1 atom stereocenters. The zero-order valence-electron chi connectivity index (χ0n) is 10.8. The fraction of sp³-hybridized carbons (Fsp3) is 0.500. The van der Waals surface area contributed by atoms with Crippen molar-refractivity contribution < 1.29 is 26.7 Å². The second-order valence-electron chi connectivity index (χ2n) is 4.29. The van der Waals surface area contributed by atoms with E-state index in [4.69, 9.17) is 0 Å². The zero-order chi connectivity index (χ0) is 15.4. The van der Waals surface area contributed by atoms with Gasteiger partial charge in [-0.15, -0.1) is 0 Å². The van der Waals surface area contributed by atoms with E-state index in [1.165, 1.54) is 6.07 Å². The summed E-state index contributed by atoms with van der Waals surface area (Å²) in [7, 11) is -4.32. The highest BCUT2D eigenvalue weighted by Crippen LogP contribution is 2.33. The van der Waals surface area contributed by atoms with Gasteiger partial charge in [-0.1, -0.05) is 25.5 Å². The van der Waals surface area contributed by atoms with E-state index in [1.54, 1.807) is 6.92 Å². The first-order valence-electron chi connectivity index (χ1n) is 6.02. The minimum Gasteiger partial charge on any atom is -0.392 e. The van der Waals surface area contributed by atoms with Crippen LogP contribution in [0.5, 0.6) is 0 Å². The Balaban J connectivity index is 2.99. The van der Waals surface area contributed by atoms with E-state index in [0.717, 1.165) is 12.1 Å². The lowest BCUT2D eigenvalue weighted by Crippen LogP contribution is -2.33. The summed E-state index contributed by atoms with van der Waals surface area (Å²) in [5, 5.41) is 9.44. The standard InChI is InChI=1S/C12H16F3NO3S/c1-2-5-9(17)8-16-20(18,19)11-7-4-3-6-10(11)12(13,14)15/h3-4,6-7,9,16-17H,2,5,8H2,1H3. The second-order valence-corrected chi connectivity index (χ2v) is 6.02. The lowest BCUT2D eigenvalue weighted by molar-refractivity contribution is -0.139. The number of alkyl halides is 3. The van der Waals surface area contributed by atoms with Crippen LogP contribution in [0.1, 0.15) is 25.3 Å². The molecule has 1 rings (SSSR count). The maximum atomic E-state index is 12.8. The highest BCUT2D eigenvalue weighted by molar-refractivity contribution is 7.89. The molecule has 4 nitrogen and oxygen atoms in total. The molecule has 0 saturated heterocycles. The molecule has 0 radical (unpaired) electrons. The van der Waals surface area contributed by atoms with Gasteiger partial charge in [-0.3, -0.25) is 0 Å². The second kappa shape index (κ2) is 6.55. The molecule has 0 aromatic heterocycles. The minimum absolute atomic E-state index is 0.317. The maximum absolute atomic E-state index is 12.8. The van der Waals surface area contributed by atoms with Crippen LogP contribution < -0.4 is 4.72 Å². The fourth-order valence-corrected chi connectivity index (χ4v) is 2.95. The zero-order valence-corrected chi connectivity index (χ0v) is 11.6. The van der Waals surface area contributed by atoms with Gasteiger partial charge in [0.15, 0.2) is 0 Å². The van der Waals surface area contributed by atoms with E-state index in [-0.39, 0.29) is 6.54 Å². The molecule has 1 aromatic carbocycles. The summed E-state index contributed by atoms with van der Waals surface area (Å²) in [6, 6.07) is 3.93. The Hall–Kier alpha value is -1.12. The Morgan fingerprint density at radius 3 is 2.45 bits per heavy atom. The van der Waals surface area contributed by atoms with Crippen LogP contribution in [-0.4, -0.2) is 26.2 Å². The average molecular weight is 311 g/mol. The summed E-state index contributed by atoms with van der Waals surface area (Å²) >= 11 is 0. The number of halogens is 3. The Morgan fingerprint density at radius 1 is 1.30 bits per heavy atom. The molecular weight excluding hydrogens is 295 g/mol. The highest BCUT2D eigenvalue weighted by Gasteiger charge is 2.36. The van der Waals surface area contributed by atoms with Gasteiger partial charge in [0.05, 0.1) is 16.6 Å². The topological polar surface area (TPSA) is 66.4 Å². The van der Waals surface area contributed by atoms with Crippen molar-refractivity contribution in [1.29, 1.82) is 0 Å². The largest absolute Gasteiger partial charge is 0.417 e. The van der Waals surface area contributed by atoms with Gasteiger partial charge in [0.1, 0.15) is 0 Å². The Labute approximate surface area is 115 Å². The van der Waals surface area contributed by atoms with Crippen molar-refractivity contribution in [1.82, 2.24) is 4.72 Å². The van der Waals surface area contributed by atoms with E-state index in [9.17, 15) is 26.7 Å². The van der Waals surface area contributed by atoms with Crippen molar-refractivity contribution in [2.24, 2.45) is 0 Å². The van der Waals surface area contributed by atoms with Crippen LogP contribution in [-0.2, 0) is 16.2 Å². The Morgan fingerprint density at radius 2 is 1.90 bits per heavy atom. The molecular formula is C12H16F3NO3S. The van der Waals surface area contributed by atoms with Crippen molar-refractivity contribution in [3.05, 3.63) is 29.8 Å². The molecule has 0 aliphatic carbocycles. The van der Waals surface area contributed by atoms with E-state index >= 15 is 0 Å².